The minimum Gasteiger partial charge on any atom is -0.325 e. The molecule has 1 aromatic carbocycles. The highest BCUT2D eigenvalue weighted by molar-refractivity contribution is 5.59. The van der Waals surface area contributed by atoms with Gasteiger partial charge in [-0.05, 0) is 24.1 Å². The van der Waals surface area contributed by atoms with E-state index in [0.717, 1.165) is 23.4 Å². The van der Waals surface area contributed by atoms with Crippen LogP contribution in [0.15, 0.2) is 42.5 Å². The van der Waals surface area contributed by atoms with E-state index in [4.69, 9.17) is 5.73 Å². The quantitative estimate of drug-likeness (QED) is 0.849. The van der Waals surface area contributed by atoms with Gasteiger partial charge in [-0.1, -0.05) is 37.3 Å². The molecule has 0 radical (unpaired) electrons. The van der Waals surface area contributed by atoms with E-state index in [1.54, 1.807) is 0 Å². The maximum absolute atomic E-state index is 5.58. The number of nitrogens with two attached hydrogens (primary N) is 1. The Morgan fingerprint density at radius 3 is 2.44 bits per heavy atom. The molecule has 0 saturated carbocycles. The van der Waals surface area contributed by atoms with Crippen molar-refractivity contribution >= 4 is 0 Å². The van der Waals surface area contributed by atoms with Crippen LogP contribution in [0.3, 0.4) is 0 Å². The Kier molecular flexibility index (Phi) is 3.32. The van der Waals surface area contributed by atoms with Crippen molar-refractivity contribution in [2.45, 2.75) is 19.9 Å². The topological polar surface area (TPSA) is 38.9 Å². The molecule has 0 unspecified atom stereocenters. The Morgan fingerprint density at radius 1 is 1.06 bits per heavy atom. The molecule has 16 heavy (non-hydrogen) atoms. The molecule has 1 aromatic heterocycles. The number of hydrogen-bond donors (Lipinski definition) is 1. The van der Waals surface area contributed by atoms with E-state index in [1.165, 1.54) is 5.56 Å². The van der Waals surface area contributed by atoms with E-state index in [-0.39, 0.29) is 0 Å². The second-order valence-electron chi connectivity index (χ2n) is 3.77. The van der Waals surface area contributed by atoms with Crippen LogP contribution in [0, 0.1) is 0 Å². The Morgan fingerprint density at radius 2 is 1.81 bits per heavy atom. The van der Waals surface area contributed by atoms with Crippen LogP contribution in [-0.4, -0.2) is 4.98 Å². The van der Waals surface area contributed by atoms with Gasteiger partial charge in [0, 0.05) is 12.1 Å². The zero-order chi connectivity index (χ0) is 11.4. The molecule has 0 aliphatic carbocycles. The number of aromatic nitrogens is 1. The van der Waals surface area contributed by atoms with Crippen LogP contribution in [0.2, 0.25) is 0 Å². The first-order valence-corrected chi connectivity index (χ1v) is 5.59. The van der Waals surface area contributed by atoms with Gasteiger partial charge in [0.15, 0.2) is 0 Å². The average Bonchev–Trinajstić information content (AvgIpc) is 2.39. The van der Waals surface area contributed by atoms with Gasteiger partial charge in [-0.25, -0.2) is 0 Å². The van der Waals surface area contributed by atoms with Gasteiger partial charge < -0.3 is 5.73 Å². The number of rotatable bonds is 3. The zero-order valence-corrected chi connectivity index (χ0v) is 9.48. The van der Waals surface area contributed by atoms with Crippen molar-refractivity contribution in [1.82, 2.24) is 4.98 Å². The molecule has 0 amide bonds. The van der Waals surface area contributed by atoms with Crippen molar-refractivity contribution in [3.63, 3.8) is 0 Å². The summed E-state index contributed by atoms with van der Waals surface area (Å²) < 4.78 is 0. The Hall–Kier alpha value is -1.67. The third kappa shape index (κ3) is 2.28. The zero-order valence-electron chi connectivity index (χ0n) is 9.48. The first-order chi connectivity index (χ1) is 7.83. The summed E-state index contributed by atoms with van der Waals surface area (Å²) in [6, 6.07) is 14.5. The predicted octanol–water partition coefficient (Wildman–Crippen LogP) is 2.77. The highest BCUT2D eigenvalue weighted by Crippen LogP contribution is 2.18. The van der Waals surface area contributed by atoms with Crippen LogP contribution in [0.25, 0.3) is 11.3 Å². The van der Waals surface area contributed by atoms with Crippen LogP contribution in [0.5, 0.6) is 0 Å². The molecule has 0 spiro atoms. The van der Waals surface area contributed by atoms with Crippen molar-refractivity contribution in [3.05, 3.63) is 53.7 Å². The van der Waals surface area contributed by atoms with Gasteiger partial charge >= 0.3 is 0 Å². The highest BCUT2D eigenvalue weighted by Gasteiger charge is 2.00. The summed E-state index contributed by atoms with van der Waals surface area (Å²) in [6.07, 6.45) is 1.07. The van der Waals surface area contributed by atoms with Gasteiger partial charge in [-0.2, -0.15) is 0 Å². The SMILES string of the molecule is CCc1ccc(-c2cccc(CN)n2)cc1. The fourth-order valence-corrected chi connectivity index (χ4v) is 1.67. The van der Waals surface area contributed by atoms with Crippen LogP contribution in [-0.2, 0) is 13.0 Å². The summed E-state index contributed by atoms with van der Waals surface area (Å²) in [5, 5.41) is 0. The number of hydrogen-bond acceptors (Lipinski definition) is 2. The lowest BCUT2D eigenvalue weighted by molar-refractivity contribution is 0.993. The lowest BCUT2D eigenvalue weighted by atomic mass is 10.1. The molecule has 0 fully saturated rings. The first-order valence-electron chi connectivity index (χ1n) is 5.59. The molecule has 2 heteroatoms. The summed E-state index contributed by atoms with van der Waals surface area (Å²) in [7, 11) is 0. The second kappa shape index (κ2) is 4.90. The first kappa shape index (κ1) is 10.8. The van der Waals surface area contributed by atoms with Gasteiger partial charge in [0.1, 0.15) is 0 Å². The van der Waals surface area contributed by atoms with E-state index >= 15 is 0 Å². The third-order valence-electron chi connectivity index (χ3n) is 2.67. The van der Waals surface area contributed by atoms with E-state index in [2.05, 4.69) is 36.2 Å². The maximum atomic E-state index is 5.58. The normalized spacial score (nSPS) is 10.4. The molecule has 0 atom stereocenters. The van der Waals surface area contributed by atoms with Crippen LogP contribution < -0.4 is 5.73 Å². The molecular formula is C14H16N2. The standard InChI is InChI=1S/C14H16N2/c1-2-11-6-8-12(9-7-11)14-5-3-4-13(10-15)16-14/h3-9H,2,10,15H2,1H3. The molecule has 82 valence electrons. The molecule has 2 rings (SSSR count). The predicted molar refractivity (Wildman–Crippen MR) is 66.9 cm³/mol. The van der Waals surface area contributed by atoms with Crippen molar-refractivity contribution < 1.29 is 0 Å². The number of nitrogens with zero attached hydrogens (tertiary/aromatic N) is 1. The van der Waals surface area contributed by atoms with Gasteiger partial charge in [-0.15, -0.1) is 0 Å². The van der Waals surface area contributed by atoms with E-state index in [0.29, 0.717) is 6.54 Å². The maximum Gasteiger partial charge on any atom is 0.0705 e. The fraction of sp³-hybridized carbons (Fsp3) is 0.214. The third-order valence-corrected chi connectivity index (χ3v) is 2.67. The summed E-state index contributed by atoms with van der Waals surface area (Å²) in [6.45, 7) is 2.64. The lowest BCUT2D eigenvalue weighted by Crippen LogP contribution is -1.99. The number of aryl methyl sites for hydroxylation is 1. The van der Waals surface area contributed by atoms with Gasteiger partial charge in [0.05, 0.1) is 11.4 Å². The summed E-state index contributed by atoms with van der Waals surface area (Å²) in [5.41, 5.74) is 9.99. The Labute approximate surface area is 96.1 Å². The van der Waals surface area contributed by atoms with Crippen LogP contribution in [0.1, 0.15) is 18.2 Å². The van der Waals surface area contributed by atoms with E-state index in [9.17, 15) is 0 Å². The van der Waals surface area contributed by atoms with Crippen molar-refractivity contribution in [2.75, 3.05) is 0 Å². The minimum atomic E-state index is 0.487. The van der Waals surface area contributed by atoms with Crippen LogP contribution >= 0.6 is 0 Å². The largest absolute Gasteiger partial charge is 0.325 e. The summed E-state index contributed by atoms with van der Waals surface area (Å²) in [5.74, 6) is 0. The fourth-order valence-electron chi connectivity index (χ4n) is 1.67. The van der Waals surface area contributed by atoms with Crippen molar-refractivity contribution in [3.8, 4) is 11.3 Å². The summed E-state index contributed by atoms with van der Waals surface area (Å²) in [4.78, 5) is 4.49. The number of pyridine rings is 1. The molecule has 0 saturated heterocycles. The van der Waals surface area contributed by atoms with Crippen molar-refractivity contribution in [2.24, 2.45) is 5.73 Å². The summed E-state index contributed by atoms with van der Waals surface area (Å²) >= 11 is 0. The molecule has 0 aliphatic heterocycles. The molecule has 0 aliphatic rings. The molecule has 2 aromatic rings. The van der Waals surface area contributed by atoms with E-state index < -0.39 is 0 Å². The van der Waals surface area contributed by atoms with Gasteiger partial charge in [-0.3, -0.25) is 4.98 Å². The van der Waals surface area contributed by atoms with Crippen LogP contribution in [0.4, 0.5) is 0 Å². The number of benzene rings is 1. The van der Waals surface area contributed by atoms with Gasteiger partial charge in [0.2, 0.25) is 0 Å². The smallest absolute Gasteiger partial charge is 0.0705 e. The Balaban J connectivity index is 2.34. The van der Waals surface area contributed by atoms with Crippen molar-refractivity contribution in [1.29, 1.82) is 0 Å². The molecule has 2 N–H and O–H groups in total. The Bertz CT molecular complexity index is 460. The second-order valence-corrected chi connectivity index (χ2v) is 3.77. The average molecular weight is 212 g/mol. The lowest BCUT2D eigenvalue weighted by Gasteiger charge is -2.04. The monoisotopic (exact) mass is 212 g/mol. The molecule has 0 bridgehead atoms. The molecular weight excluding hydrogens is 196 g/mol. The highest BCUT2D eigenvalue weighted by atomic mass is 14.7. The molecule has 2 nitrogen and oxygen atoms in total. The molecule has 1 heterocycles. The minimum absolute atomic E-state index is 0.487. The van der Waals surface area contributed by atoms with E-state index in [1.807, 2.05) is 18.2 Å². The van der Waals surface area contributed by atoms with Gasteiger partial charge in [0.25, 0.3) is 0 Å².